The number of unbranched alkanes of at least 4 members (excludes halogenated alkanes) is 1. The van der Waals surface area contributed by atoms with Crippen molar-refractivity contribution in [2.24, 2.45) is 0 Å². The van der Waals surface area contributed by atoms with Gasteiger partial charge in [-0.2, -0.15) is 0 Å². The second kappa shape index (κ2) is 13.9. The summed E-state index contributed by atoms with van der Waals surface area (Å²) in [5.74, 6) is 0.121. The Bertz CT molecular complexity index is 184. The van der Waals surface area contributed by atoms with E-state index in [-0.39, 0.29) is 18.4 Å². The normalized spacial score (nSPS) is 8.75. The maximum Gasteiger partial charge on any atom is 0.219 e. The van der Waals surface area contributed by atoms with Crippen molar-refractivity contribution in [1.29, 1.82) is 0 Å². The Hall–Kier alpha value is -1.10. The maximum absolute atomic E-state index is 10.8. The molecule has 3 N–H and O–H groups in total. The molecule has 0 aliphatic heterocycles. The van der Waals surface area contributed by atoms with Gasteiger partial charge in [-0.3, -0.25) is 9.59 Å². The summed E-state index contributed by atoms with van der Waals surface area (Å²) in [4.78, 5) is 20.5. The van der Waals surface area contributed by atoms with Crippen molar-refractivity contribution in [2.75, 3.05) is 20.2 Å². The number of nitrogens with one attached hydrogen (secondary N) is 2. The highest BCUT2D eigenvalue weighted by Crippen LogP contribution is 1.87. The molecular weight excluding hydrogens is 208 g/mol. The summed E-state index contributed by atoms with van der Waals surface area (Å²) in [6, 6.07) is 0. The first-order chi connectivity index (χ1) is 7.58. The second-order valence-corrected chi connectivity index (χ2v) is 3.34. The van der Waals surface area contributed by atoms with Crippen molar-refractivity contribution in [1.82, 2.24) is 10.6 Å². The fraction of sp³-hybridized carbons (Fsp3) is 0.818. The summed E-state index contributed by atoms with van der Waals surface area (Å²) in [5.41, 5.74) is 0. The number of aliphatic hydroxyl groups excluding tert-OH is 1. The molecule has 2 amide bonds. The molecule has 0 saturated heterocycles. The van der Waals surface area contributed by atoms with Crippen molar-refractivity contribution in [3.8, 4) is 0 Å². The molecule has 0 aromatic rings. The van der Waals surface area contributed by atoms with Crippen LogP contribution in [-0.4, -0.2) is 37.1 Å². The number of amides is 2. The van der Waals surface area contributed by atoms with Crippen LogP contribution in [0.3, 0.4) is 0 Å². The van der Waals surface area contributed by atoms with Crippen molar-refractivity contribution < 1.29 is 14.7 Å². The van der Waals surface area contributed by atoms with Crippen LogP contribution in [0.5, 0.6) is 0 Å². The molecule has 5 heteroatoms. The third-order valence-corrected chi connectivity index (χ3v) is 1.74. The van der Waals surface area contributed by atoms with Gasteiger partial charge in [-0.1, -0.05) is 6.92 Å². The van der Waals surface area contributed by atoms with E-state index in [1.165, 1.54) is 6.92 Å². The monoisotopic (exact) mass is 232 g/mol. The zero-order chi connectivity index (χ0) is 12.8. The largest absolute Gasteiger partial charge is 0.396 e. The van der Waals surface area contributed by atoms with Gasteiger partial charge in [0.25, 0.3) is 0 Å². The Morgan fingerprint density at radius 1 is 1.25 bits per heavy atom. The summed E-state index contributed by atoms with van der Waals surface area (Å²) in [5, 5.41) is 13.6. The summed E-state index contributed by atoms with van der Waals surface area (Å²) in [7, 11) is 1.60. The third-order valence-electron chi connectivity index (χ3n) is 1.74. The highest BCUT2D eigenvalue weighted by Gasteiger charge is 1.96. The number of hydrogen-bond donors (Lipinski definition) is 3. The molecule has 0 saturated carbocycles. The van der Waals surface area contributed by atoms with Gasteiger partial charge in [0.1, 0.15) is 0 Å². The maximum atomic E-state index is 10.8. The molecule has 0 rings (SSSR count). The summed E-state index contributed by atoms with van der Waals surface area (Å²) >= 11 is 0. The Kier molecular flexibility index (Phi) is 15.0. The van der Waals surface area contributed by atoms with Gasteiger partial charge < -0.3 is 15.7 Å². The lowest BCUT2D eigenvalue weighted by Crippen LogP contribution is -2.23. The van der Waals surface area contributed by atoms with E-state index in [1.54, 1.807) is 7.05 Å². The molecule has 0 radical (unpaired) electrons. The molecule has 0 spiro atoms. The van der Waals surface area contributed by atoms with Gasteiger partial charge in [-0.15, -0.1) is 0 Å². The van der Waals surface area contributed by atoms with Crippen molar-refractivity contribution in [3.05, 3.63) is 0 Å². The van der Waals surface area contributed by atoms with Crippen LogP contribution in [0.15, 0.2) is 0 Å². The van der Waals surface area contributed by atoms with Crippen LogP contribution in [0.2, 0.25) is 0 Å². The Labute approximate surface area is 97.6 Å². The zero-order valence-electron chi connectivity index (χ0n) is 10.5. The first-order valence-corrected chi connectivity index (χ1v) is 5.64. The number of carbonyl (C=O) groups excluding carboxylic acids is 2. The summed E-state index contributed by atoms with van der Waals surface area (Å²) < 4.78 is 0. The fourth-order valence-electron chi connectivity index (χ4n) is 0.780. The van der Waals surface area contributed by atoms with E-state index < -0.39 is 0 Å². The third kappa shape index (κ3) is 18.6. The quantitative estimate of drug-likeness (QED) is 0.581. The Morgan fingerprint density at radius 2 is 1.81 bits per heavy atom. The van der Waals surface area contributed by atoms with E-state index in [1.807, 2.05) is 6.92 Å². The molecule has 96 valence electrons. The van der Waals surface area contributed by atoms with Gasteiger partial charge in [-0.05, 0) is 19.3 Å². The van der Waals surface area contributed by atoms with Gasteiger partial charge in [0, 0.05) is 33.5 Å². The van der Waals surface area contributed by atoms with Gasteiger partial charge >= 0.3 is 0 Å². The summed E-state index contributed by atoms with van der Waals surface area (Å²) in [6.45, 7) is 4.36. The highest BCUT2D eigenvalue weighted by molar-refractivity contribution is 5.75. The molecule has 0 fully saturated rings. The minimum Gasteiger partial charge on any atom is -0.396 e. The van der Waals surface area contributed by atoms with E-state index in [0.29, 0.717) is 13.0 Å². The van der Waals surface area contributed by atoms with Gasteiger partial charge in [0.15, 0.2) is 0 Å². The average Bonchev–Trinajstić information content (AvgIpc) is 2.26. The van der Waals surface area contributed by atoms with E-state index in [9.17, 15) is 9.59 Å². The van der Waals surface area contributed by atoms with Crippen LogP contribution >= 0.6 is 0 Å². The van der Waals surface area contributed by atoms with Crippen LogP contribution in [0.4, 0.5) is 0 Å². The molecule has 16 heavy (non-hydrogen) atoms. The van der Waals surface area contributed by atoms with Gasteiger partial charge in [0.05, 0.1) is 0 Å². The fourth-order valence-corrected chi connectivity index (χ4v) is 0.780. The number of hydrogen-bond acceptors (Lipinski definition) is 3. The topological polar surface area (TPSA) is 78.4 Å². The number of aliphatic hydroxyl groups is 1. The molecule has 0 unspecified atom stereocenters. The molecule has 0 atom stereocenters. The van der Waals surface area contributed by atoms with Crippen molar-refractivity contribution in [2.45, 2.75) is 39.5 Å². The SMILES string of the molecule is CCCC(=O)NCCCCO.CNC(C)=O. The van der Waals surface area contributed by atoms with Crippen LogP contribution in [-0.2, 0) is 9.59 Å². The van der Waals surface area contributed by atoms with Crippen molar-refractivity contribution >= 4 is 11.8 Å². The van der Waals surface area contributed by atoms with E-state index in [2.05, 4.69) is 10.6 Å². The second-order valence-electron chi connectivity index (χ2n) is 3.34. The lowest BCUT2D eigenvalue weighted by Gasteiger charge is -2.01. The molecule has 0 bridgehead atoms. The minimum absolute atomic E-state index is 0.00463. The van der Waals surface area contributed by atoms with Crippen molar-refractivity contribution in [3.63, 3.8) is 0 Å². The molecule has 0 heterocycles. The minimum atomic E-state index is 0.00463. The lowest BCUT2D eigenvalue weighted by atomic mass is 10.3. The highest BCUT2D eigenvalue weighted by atomic mass is 16.3. The molecule has 0 aliphatic carbocycles. The standard InChI is InChI=1S/C8H17NO2.C3H7NO/c1-2-5-8(11)9-6-3-4-7-10;1-3(5)4-2/h10H,2-7H2,1H3,(H,9,11);1-2H3,(H,4,5). The first-order valence-electron chi connectivity index (χ1n) is 5.64. The number of carbonyl (C=O) groups is 2. The first kappa shape index (κ1) is 17.3. The number of rotatable bonds is 6. The smallest absolute Gasteiger partial charge is 0.219 e. The molecule has 0 aromatic carbocycles. The molecule has 5 nitrogen and oxygen atoms in total. The van der Waals surface area contributed by atoms with Crippen LogP contribution < -0.4 is 10.6 Å². The van der Waals surface area contributed by atoms with E-state index in [4.69, 9.17) is 5.11 Å². The summed E-state index contributed by atoms with van der Waals surface area (Å²) in [6.07, 6.45) is 3.14. The average molecular weight is 232 g/mol. The Balaban J connectivity index is 0. The van der Waals surface area contributed by atoms with Gasteiger partial charge in [-0.25, -0.2) is 0 Å². The van der Waals surface area contributed by atoms with E-state index >= 15 is 0 Å². The van der Waals surface area contributed by atoms with Crippen LogP contribution in [0, 0.1) is 0 Å². The molecule has 0 aromatic heterocycles. The van der Waals surface area contributed by atoms with Crippen LogP contribution in [0.25, 0.3) is 0 Å². The molecular formula is C11H24N2O3. The van der Waals surface area contributed by atoms with E-state index in [0.717, 1.165) is 19.3 Å². The predicted molar refractivity (Wildman–Crippen MR) is 64.0 cm³/mol. The lowest BCUT2D eigenvalue weighted by molar-refractivity contribution is -0.121. The zero-order valence-corrected chi connectivity index (χ0v) is 10.5. The Morgan fingerprint density at radius 3 is 2.19 bits per heavy atom. The van der Waals surface area contributed by atoms with Gasteiger partial charge in [0.2, 0.25) is 11.8 Å². The predicted octanol–water partition coefficient (Wildman–Crippen LogP) is 0.428. The van der Waals surface area contributed by atoms with Crippen LogP contribution in [0.1, 0.15) is 39.5 Å². The molecule has 0 aliphatic rings.